The number of hydrogen-bond donors (Lipinski definition) is 0. The third-order valence-electron chi connectivity index (χ3n) is 4.14. The topological polar surface area (TPSA) is 107 Å². The zero-order valence-corrected chi connectivity index (χ0v) is 17.2. The van der Waals surface area contributed by atoms with Gasteiger partial charge in [-0.1, -0.05) is 22.8 Å². The fourth-order valence-electron chi connectivity index (χ4n) is 2.70. The number of nitrogens with zero attached hydrogens (tertiary/aromatic N) is 3. The summed E-state index contributed by atoms with van der Waals surface area (Å²) in [5.74, 6) is 0.0574. The van der Waals surface area contributed by atoms with Crippen LogP contribution in [-0.4, -0.2) is 18.5 Å². The summed E-state index contributed by atoms with van der Waals surface area (Å²) in [5, 5.41) is 14.5. The predicted molar refractivity (Wildman–Crippen MR) is 104 cm³/mol. The van der Waals surface area contributed by atoms with Gasteiger partial charge in [0.1, 0.15) is 5.02 Å². The Kier molecular flexibility index (Phi) is 5.96. The lowest BCUT2D eigenvalue weighted by Gasteiger charge is -2.24. The molecule has 0 N–H and O–H groups in total. The van der Waals surface area contributed by atoms with Crippen molar-refractivity contribution in [1.29, 1.82) is 0 Å². The number of benzene rings is 2. The van der Waals surface area contributed by atoms with Crippen molar-refractivity contribution in [2.75, 3.05) is 4.31 Å². The average Bonchev–Trinajstić information content (AvgIpc) is 3.10. The summed E-state index contributed by atoms with van der Waals surface area (Å²) in [6.07, 6.45) is -4.71. The van der Waals surface area contributed by atoms with Crippen molar-refractivity contribution in [2.24, 2.45) is 0 Å². The second-order valence-corrected chi connectivity index (χ2v) is 8.63. The standard InChI is InChI=1S/C18H13ClF3N3O5S/c1-11-7-14(30-23-11)10-24(13-4-2-3-12(8-13)18(20,21)22)31(28,29)15-5-6-16(19)17(9-15)25(26)27/h2-9H,10H2,1H3. The summed E-state index contributed by atoms with van der Waals surface area (Å²) in [4.78, 5) is 9.76. The Morgan fingerprint density at radius 3 is 2.48 bits per heavy atom. The Balaban J connectivity index is 2.16. The van der Waals surface area contributed by atoms with Crippen LogP contribution < -0.4 is 4.31 Å². The number of nitro benzene ring substituents is 1. The van der Waals surface area contributed by atoms with Crippen molar-refractivity contribution in [3.05, 3.63) is 80.7 Å². The molecule has 0 aliphatic heterocycles. The van der Waals surface area contributed by atoms with Crippen LogP contribution in [0.1, 0.15) is 17.0 Å². The molecule has 0 aliphatic rings. The van der Waals surface area contributed by atoms with Gasteiger partial charge in [0, 0.05) is 12.1 Å². The Bertz CT molecular complexity index is 1240. The van der Waals surface area contributed by atoms with Crippen LogP contribution in [0.25, 0.3) is 0 Å². The van der Waals surface area contributed by atoms with Crippen molar-refractivity contribution in [3.8, 4) is 0 Å². The van der Waals surface area contributed by atoms with Crippen LogP contribution in [0, 0.1) is 17.0 Å². The van der Waals surface area contributed by atoms with E-state index in [4.69, 9.17) is 16.1 Å². The van der Waals surface area contributed by atoms with Gasteiger partial charge in [0.15, 0.2) is 5.76 Å². The van der Waals surface area contributed by atoms with Gasteiger partial charge in [-0.05, 0) is 37.3 Å². The summed E-state index contributed by atoms with van der Waals surface area (Å²) in [6, 6.07) is 7.87. The molecule has 0 saturated carbocycles. The Labute approximate surface area is 179 Å². The lowest BCUT2D eigenvalue weighted by molar-refractivity contribution is -0.384. The Hall–Kier alpha value is -3.12. The molecule has 3 rings (SSSR count). The van der Waals surface area contributed by atoms with Crippen LogP contribution in [-0.2, 0) is 22.7 Å². The average molecular weight is 476 g/mol. The van der Waals surface area contributed by atoms with Gasteiger partial charge >= 0.3 is 6.18 Å². The van der Waals surface area contributed by atoms with Gasteiger partial charge in [-0.2, -0.15) is 13.2 Å². The van der Waals surface area contributed by atoms with Gasteiger partial charge < -0.3 is 4.52 Å². The molecular weight excluding hydrogens is 463 g/mol. The van der Waals surface area contributed by atoms with Gasteiger partial charge in [0.2, 0.25) is 0 Å². The molecular formula is C18H13ClF3N3O5S. The van der Waals surface area contributed by atoms with Crippen molar-refractivity contribution < 1.29 is 31.0 Å². The first-order chi connectivity index (χ1) is 14.4. The van der Waals surface area contributed by atoms with E-state index in [0.29, 0.717) is 16.1 Å². The highest BCUT2D eigenvalue weighted by Gasteiger charge is 2.33. The summed E-state index contributed by atoms with van der Waals surface area (Å²) in [7, 11) is -4.56. The van der Waals surface area contributed by atoms with E-state index >= 15 is 0 Å². The summed E-state index contributed by atoms with van der Waals surface area (Å²) in [6.45, 7) is 1.08. The normalized spacial score (nSPS) is 12.0. The number of hydrogen-bond acceptors (Lipinski definition) is 6. The third-order valence-corrected chi connectivity index (χ3v) is 6.23. The number of alkyl halides is 3. The van der Waals surface area contributed by atoms with E-state index in [-0.39, 0.29) is 16.5 Å². The largest absolute Gasteiger partial charge is 0.416 e. The molecule has 0 fully saturated rings. The van der Waals surface area contributed by atoms with Crippen LogP contribution in [0.15, 0.2) is 57.9 Å². The maximum Gasteiger partial charge on any atom is 0.416 e. The summed E-state index contributed by atoms with van der Waals surface area (Å²) in [5.41, 5.74) is -1.62. The van der Waals surface area contributed by atoms with E-state index in [1.807, 2.05) is 0 Å². The smallest absolute Gasteiger partial charge is 0.359 e. The molecule has 0 radical (unpaired) electrons. The molecule has 2 aromatic carbocycles. The molecule has 13 heteroatoms. The number of sulfonamides is 1. The fraction of sp³-hybridized carbons (Fsp3) is 0.167. The SMILES string of the molecule is Cc1cc(CN(c2cccc(C(F)(F)F)c2)S(=O)(=O)c2ccc(Cl)c([N+](=O)[O-])c2)on1. The molecule has 0 spiro atoms. The van der Waals surface area contributed by atoms with E-state index in [0.717, 1.165) is 30.3 Å². The Morgan fingerprint density at radius 1 is 1.19 bits per heavy atom. The second-order valence-electron chi connectivity index (χ2n) is 6.36. The Morgan fingerprint density at radius 2 is 1.90 bits per heavy atom. The molecule has 0 saturated heterocycles. The molecule has 1 aromatic heterocycles. The highest BCUT2D eigenvalue weighted by Crippen LogP contribution is 2.35. The maximum atomic E-state index is 13.3. The molecule has 3 aromatic rings. The van der Waals surface area contributed by atoms with E-state index < -0.39 is 43.8 Å². The quantitative estimate of drug-likeness (QED) is 0.368. The lowest BCUT2D eigenvalue weighted by Crippen LogP contribution is -2.30. The van der Waals surface area contributed by atoms with E-state index in [1.54, 1.807) is 6.92 Å². The van der Waals surface area contributed by atoms with E-state index in [2.05, 4.69) is 5.16 Å². The van der Waals surface area contributed by atoms with Crippen LogP contribution in [0.3, 0.4) is 0 Å². The minimum atomic E-state index is -4.71. The summed E-state index contributed by atoms with van der Waals surface area (Å²) < 4.78 is 71.8. The highest BCUT2D eigenvalue weighted by atomic mass is 35.5. The maximum absolute atomic E-state index is 13.3. The van der Waals surface area contributed by atoms with Gasteiger partial charge in [-0.15, -0.1) is 0 Å². The first-order valence-electron chi connectivity index (χ1n) is 8.46. The van der Waals surface area contributed by atoms with Crippen LogP contribution in [0.5, 0.6) is 0 Å². The van der Waals surface area contributed by atoms with Gasteiger partial charge in [-0.25, -0.2) is 8.42 Å². The number of anilines is 1. The molecule has 1 heterocycles. The van der Waals surface area contributed by atoms with E-state index in [9.17, 15) is 31.7 Å². The number of rotatable bonds is 6. The molecule has 8 nitrogen and oxygen atoms in total. The van der Waals surface area contributed by atoms with Crippen molar-refractivity contribution in [1.82, 2.24) is 5.16 Å². The van der Waals surface area contributed by atoms with Crippen LogP contribution in [0.4, 0.5) is 24.5 Å². The van der Waals surface area contributed by atoms with Gasteiger partial charge in [0.05, 0.1) is 33.3 Å². The zero-order valence-electron chi connectivity index (χ0n) is 15.6. The van der Waals surface area contributed by atoms with Gasteiger partial charge in [0.25, 0.3) is 15.7 Å². The van der Waals surface area contributed by atoms with E-state index in [1.165, 1.54) is 12.1 Å². The molecule has 164 valence electrons. The number of halogens is 4. The second kappa shape index (κ2) is 8.19. The number of aromatic nitrogens is 1. The first-order valence-corrected chi connectivity index (χ1v) is 10.3. The third kappa shape index (κ3) is 4.80. The van der Waals surface area contributed by atoms with Crippen LogP contribution in [0.2, 0.25) is 5.02 Å². The molecule has 0 atom stereocenters. The molecule has 0 bridgehead atoms. The molecule has 0 unspecified atom stereocenters. The highest BCUT2D eigenvalue weighted by molar-refractivity contribution is 7.92. The number of aryl methyl sites for hydroxylation is 1. The molecule has 0 aliphatic carbocycles. The van der Waals surface area contributed by atoms with Crippen molar-refractivity contribution >= 4 is 33.0 Å². The summed E-state index contributed by atoms with van der Waals surface area (Å²) >= 11 is 5.74. The molecule has 31 heavy (non-hydrogen) atoms. The predicted octanol–water partition coefficient (Wildman–Crippen LogP) is 4.96. The number of nitro groups is 1. The van der Waals surface area contributed by atoms with Crippen molar-refractivity contribution in [2.45, 2.75) is 24.5 Å². The minimum absolute atomic E-state index is 0.0574. The zero-order chi connectivity index (χ0) is 23.0. The first kappa shape index (κ1) is 22.6. The minimum Gasteiger partial charge on any atom is -0.359 e. The van der Waals surface area contributed by atoms with Crippen molar-refractivity contribution in [3.63, 3.8) is 0 Å². The lowest BCUT2D eigenvalue weighted by atomic mass is 10.2. The fourth-order valence-corrected chi connectivity index (χ4v) is 4.33. The van der Waals surface area contributed by atoms with Gasteiger partial charge in [-0.3, -0.25) is 14.4 Å². The molecule has 0 amide bonds. The van der Waals surface area contributed by atoms with Crippen LogP contribution >= 0.6 is 11.6 Å². The monoisotopic (exact) mass is 475 g/mol.